The predicted octanol–water partition coefficient (Wildman–Crippen LogP) is 3.74. The average Bonchev–Trinajstić information content (AvgIpc) is 3.35. The molecule has 2 fully saturated rings. The molecule has 2 unspecified atom stereocenters. The summed E-state index contributed by atoms with van der Waals surface area (Å²) in [5.41, 5.74) is 1.35. The molecule has 0 spiro atoms. The van der Waals surface area contributed by atoms with Crippen LogP contribution in [0.4, 0.5) is 4.39 Å². The van der Waals surface area contributed by atoms with Gasteiger partial charge in [0.25, 0.3) is 5.91 Å². The molecular formula is C24H28FN3O4S2. The standard InChI is InChI=1S/C24H28FN3O4S2/c25-17-5-7-18(8-6-17)34(31,32)27-12-9-16(10-13-27)23-26-20(15-33-23)24(30)28-14-11-22(29)19-3-1-2-4-21(19)28/h4-8,15-16,19,22,29H,1-3,9-14H2. The van der Waals surface area contributed by atoms with Crippen LogP contribution in [0.2, 0.25) is 0 Å². The lowest BCUT2D eigenvalue weighted by atomic mass is 9.82. The second-order valence-corrected chi connectivity index (χ2v) is 12.0. The summed E-state index contributed by atoms with van der Waals surface area (Å²) in [5.74, 6) is -0.473. The molecule has 1 amide bonds. The molecule has 2 aromatic rings. The number of aliphatic hydroxyl groups excluding tert-OH is 1. The van der Waals surface area contributed by atoms with Crippen molar-refractivity contribution in [2.24, 2.45) is 5.92 Å². The van der Waals surface area contributed by atoms with Crippen molar-refractivity contribution < 1.29 is 22.7 Å². The van der Waals surface area contributed by atoms with Crippen molar-refractivity contribution in [2.45, 2.75) is 55.4 Å². The molecule has 10 heteroatoms. The van der Waals surface area contributed by atoms with E-state index in [9.17, 15) is 22.7 Å². The zero-order valence-electron chi connectivity index (χ0n) is 18.8. The SMILES string of the molecule is O=C(c1csc(C2CCN(S(=O)(=O)c3ccc(F)cc3)CC2)n1)N1CCC(O)C2CCCC=C21. The molecule has 0 radical (unpaired) electrons. The molecule has 3 aliphatic rings. The second kappa shape index (κ2) is 9.49. The minimum absolute atomic E-state index is 0.0249. The quantitative estimate of drug-likeness (QED) is 0.684. The predicted molar refractivity (Wildman–Crippen MR) is 126 cm³/mol. The molecule has 1 aromatic heterocycles. The number of aromatic nitrogens is 1. The monoisotopic (exact) mass is 505 g/mol. The lowest BCUT2D eigenvalue weighted by Gasteiger charge is -2.40. The highest BCUT2D eigenvalue weighted by atomic mass is 32.2. The first-order valence-corrected chi connectivity index (χ1v) is 14.1. The molecule has 2 saturated heterocycles. The zero-order chi connectivity index (χ0) is 23.9. The largest absolute Gasteiger partial charge is 0.392 e. The molecule has 2 atom stereocenters. The summed E-state index contributed by atoms with van der Waals surface area (Å²) in [6, 6.07) is 4.90. The van der Waals surface area contributed by atoms with Gasteiger partial charge in [0.05, 0.1) is 16.0 Å². The highest BCUT2D eigenvalue weighted by Crippen LogP contribution is 2.37. The molecule has 0 saturated carbocycles. The maximum atomic E-state index is 13.3. The van der Waals surface area contributed by atoms with E-state index in [0.29, 0.717) is 44.6 Å². The fourth-order valence-corrected chi connectivity index (χ4v) is 7.64. The Hall–Kier alpha value is -2.14. The Labute approximate surface area is 203 Å². The van der Waals surface area contributed by atoms with E-state index in [0.717, 1.165) is 42.1 Å². The number of halogens is 1. The highest BCUT2D eigenvalue weighted by Gasteiger charge is 2.37. The first kappa shape index (κ1) is 23.6. The van der Waals surface area contributed by atoms with E-state index in [2.05, 4.69) is 11.1 Å². The van der Waals surface area contributed by atoms with Crippen molar-refractivity contribution in [1.29, 1.82) is 0 Å². The number of fused-ring (bicyclic) bond motifs is 1. The zero-order valence-corrected chi connectivity index (χ0v) is 20.4. The second-order valence-electron chi connectivity index (χ2n) is 9.18. The number of piperidine rings is 2. The molecule has 0 bridgehead atoms. The van der Waals surface area contributed by atoms with Crippen LogP contribution in [0.3, 0.4) is 0 Å². The molecule has 2 aliphatic heterocycles. The number of benzene rings is 1. The number of hydrogen-bond donors (Lipinski definition) is 1. The Morgan fingerprint density at radius 1 is 1.09 bits per heavy atom. The molecule has 1 aliphatic carbocycles. The van der Waals surface area contributed by atoms with E-state index >= 15 is 0 Å². The van der Waals surface area contributed by atoms with Gasteiger partial charge in [-0.3, -0.25) is 4.79 Å². The van der Waals surface area contributed by atoms with Crippen LogP contribution in [0.1, 0.15) is 59.9 Å². The smallest absolute Gasteiger partial charge is 0.277 e. The Morgan fingerprint density at radius 2 is 1.82 bits per heavy atom. The number of aliphatic hydroxyl groups is 1. The number of likely N-dealkylation sites (tertiary alicyclic amines) is 1. The van der Waals surface area contributed by atoms with Crippen LogP contribution in [0.5, 0.6) is 0 Å². The van der Waals surface area contributed by atoms with Crippen LogP contribution in [0.15, 0.2) is 46.3 Å². The van der Waals surface area contributed by atoms with Gasteiger partial charge in [-0.1, -0.05) is 6.08 Å². The van der Waals surface area contributed by atoms with Gasteiger partial charge in [-0.25, -0.2) is 17.8 Å². The number of rotatable bonds is 4. The normalized spacial score (nSPS) is 24.5. The average molecular weight is 506 g/mol. The number of hydrogen-bond acceptors (Lipinski definition) is 6. The van der Waals surface area contributed by atoms with Gasteiger partial charge >= 0.3 is 0 Å². The molecular weight excluding hydrogens is 477 g/mol. The van der Waals surface area contributed by atoms with Gasteiger partial charge in [-0.15, -0.1) is 11.3 Å². The van der Waals surface area contributed by atoms with E-state index < -0.39 is 21.9 Å². The van der Waals surface area contributed by atoms with Crippen molar-refractivity contribution in [3.63, 3.8) is 0 Å². The third-order valence-corrected chi connectivity index (χ3v) is 10.0. The summed E-state index contributed by atoms with van der Waals surface area (Å²) in [5, 5.41) is 13.0. The molecule has 1 aromatic carbocycles. The molecule has 3 heterocycles. The van der Waals surface area contributed by atoms with Crippen LogP contribution in [0.25, 0.3) is 0 Å². The van der Waals surface area contributed by atoms with Gasteiger partial charge in [0.15, 0.2) is 0 Å². The van der Waals surface area contributed by atoms with Gasteiger partial charge in [0.1, 0.15) is 11.5 Å². The minimum Gasteiger partial charge on any atom is -0.392 e. The minimum atomic E-state index is -3.66. The topological polar surface area (TPSA) is 90.8 Å². The molecule has 5 rings (SSSR count). The summed E-state index contributed by atoms with van der Waals surface area (Å²) in [6.45, 7) is 1.20. The van der Waals surface area contributed by atoms with Gasteiger partial charge in [0.2, 0.25) is 10.0 Å². The summed E-state index contributed by atoms with van der Waals surface area (Å²) in [4.78, 5) is 19.8. The van der Waals surface area contributed by atoms with Gasteiger partial charge in [0, 0.05) is 42.5 Å². The first-order valence-electron chi connectivity index (χ1n) is 11.8. The van der Waals surface area contributed by atoms with Gasteiger partial charge in [-0.05, 0) is 62.8 Å². The highest BCUT2D eigenvalue weighted by molar-refractivity contribution is 7.89. The van der Waals surface area contributed by atoms with Crippen LogP contribution in [0, 0.1) is 11.7 Å². The number of sulfonamides is 1. The number of carbonyl (C=O) groups excluding carboxylic acids is 1. The van der Waals surface area contributed by atoms with Crippen molar-refractivity contribution in [3.05, 3.63) is 57.9 Å². The first-order chi connectivity index (χ1) is 16.3. The van der Waals surface area contributed by atoms with Crippen LogP contribution >= 0.6 is 11.3 Å². The van der Waals surface area contributed by atoms with Crippen molar-refractivity contribution in [3.8, 4) is 0 Å². The van der Waals surface area contributed by atoms with E-state index in [-0.39, 0.29) is 22.6 Å². The Bertz CT molecular complexity index is 1190. The number of thiazole rings is 1. The maximum Gasteiger partial charge on any atom is 0.277 e. The summed E-state index contributed by atoms with van der Waals surface area (Å²) < 4.78 is 40.3. The van der Waals surface area contributed by atoms with E-state index in [4.69, 9.17) is 0 Å². The summed E-state index contributed by atoms with van der Waals surface area (Å²) in [7, 11) is -3.66. The van der Waals surface area contributed by atoms with Gasteiger partial charge < -0.3 is 10.0 Å². The Kier molecular flexibility index (Phi) is 6.58. The van der Waals surface area contributed by atoms with E-state index in [1.807, 2.05) is 0 Å². The van der Waals surface area contributed by atoms with E-state index in [1.165, 1.54) is 27.8 Å². The van der Waals surface area contributed by atoms with Crippen LogP contribution in [-0.2, 0) is 10.0 Å². The fourth-order valence-electron chi connectivity index (χ4n) is 5.21. The molecule has 34 heavy (non-hydrogen) atoms. The molecule has 1 N–H and O–H groups in total. The molecule has 7 nitrogen and oxygen atoms in total. The number of nitrogens with zero attached hydrogens (tertiary/aromatic N) is 3. The van der Waals surface area contributed by atoms with Crippen molar-refractivity contribution in [1.82, 2.24) is 14.2 Å². The van der Waals surface area contributed by atoms with Crippen molar-refractivity contribution in [2.75, 3.05) is 19.6 Å². The number of allylic oxidation sites excluding steroid dienone is 1. The lowest BCUT2D eigenvalue weighted by Crippen LogP contribution is -2.45. The lowest BCUT2D eigenvalue weighted by molar-refractivity contribution is 0.0413. The Balaban J connectivity index is 1.25. The van der Waals surface area contributed by atoms with Gasteiger partial charge in [-0.2, -0.15) is 4.31 Å². The number of amides is 1. The van der Waals surface area contributed by atoms with Crippen molar-refractivity contribution >= 4 is 27.3 Å². The third-order valence-electron chi connectivity index (χ3n) is 7.12. The fraction of sp³-hybridized carbons (Fsp3) is 0.500. The Morgan fingerprint density at radius 3 is 2.56 bits per heavy atom. The molecule has 182 valence electrons. The van der Waals surface area contributed by atoms with E-state index in [1.54, 1.807) is 10.3 Å². The van der Waals surface area contributed by atoms with Crippen LogP contribution in [-0.4, -0.2) is 59.4 Å². The summed E-state index contributed by atoms with van der Waals surface area (Å²) in [6.07, 6.45) is 6.35. The van der Waals surface area contributed by atoms with Crippen LogP contribution < -0.4 is 0 Å². The summed E-state index contributed by atoms with van der Waals surface area (Å²) >= 11 is 1.45. The third kappa shape index (κ3) is 4.44. The maximum absolute atomic E-state index is 13.3. The number of carbonyl (C=O) groups is 1.